The van der Waals surface area contributed by atoms with E-state index in [1.165, 1.54) is 0 Å². The van der Waals surface area contributed by atoms with Crippen molar-refractivity contribution < 1.29 is 4.39 Å². The van der Waals surface area contributed by atoms with Crippen LogP contribution in [0.25, 0.3) is 0 Å². The minimum absolute atomic E-state index is 0.118. The van der Waals surface area contributed by atoms with E-state index in [1.54, 1.807) is 12.1 Å². The van der Waals surface area contributed by atoms with E-state index in [0.29, 0.717) is 17.0 Å². The number of benzene rings is 1. The van der Waals surface area contributed by atoms with Crippen molar-refractivity contribution >= 4 is 17.4 Å². The van der Waals surface area contributed by atoms with Gasteiger partial charge in [0.2, 0.25) is 0 Å². The van der Waals surface area contributed by atoms with E-state index >= 15 is 0 Å². The average Bonchev–Trinajstić information content (AvgIpc) is 2.28. The molecule has 2 unspecified atom stereocenters. The molecule has 0 aliphatic carbocycles. The molecule has 1 aromatic carbocycles. The van der Waals surface area contributed by atoms with Gasteiger partial charge in [-0.15, -0.1) is 0 Å². The highest BCUT2D eigenvalue weighted by atomic mass is 32.2. The van der Waals surface area contributed by atoms with Crippen molar-refractivity contribution in [2.24, 2.45) is 5.73 Å². The molecule has 18 heavy (non-hydrogen) atoms. The quantitative estimate of drug-likeness (QED) is 0.914. The molecule has 1 heterocycles. The lowest BCUT2D eigenvalue weighted by Crippen LogP contribution is -2.41. The third-order valence-corrected chi connectivity index (χ3v) is 4.45. The van der Waals surface area contributed by atoms with Gasteiger partial charge in [-0.05, 0) is 24.6 Å². The number of anilines is 1. The van der Waals surface area contributed by atoms with Crippen molar-refractivity contribution in [1.29, 1.82) is 0 Å². The Bertz CT molecular complexity index is 401. The topological polar surface area (TPSA) is 29.3 Å². The van der Waals surface area contributed by atoms with Crippen LogP contribution in [0.1, 0.15) is 19.4 Å². The first kappa shape index (κ1) is 13.7. The zero-order chi connectivity index (χ0) is 13.1. The van der Waals surface area contributed by atoms with Gasteiger partial charge >= 0.3 is 0 Å². The van der Waals surface area contributed by atoms with Crippen molar-refractivity contribution in [2.45, 2.75) is 30.8 Å². The Labute approximate surface area is 113 Å². The molecule has 1 saturated heterocycles. The smallest absolute Gasteiger partial charge is 0.146 e. The maximum Gasteiger partial charge on any atom is 0.146 e. The molecule has 0 bridgehead atoms. The molecule has 1 aliphatic rings. The van der Waals surface area contributed by atoms with E-state index in [9.17, 15) is 4.39 Å². The van der Waals surface area contributed by atoms with Crippen LogP contribution in [0.15, 0.2) is 18.2 Å². The fourth-order valence-corrected chi connectivity index (χ4v) is 3.96. The molecule has 0 radical (unpaired) electrons. The van der Waals surface area contributed by atoms with Gasteiger partial charge in [0.25, 0.3) is 0 Å². The van der Waals surface area contributed by atoms with Crippen LogP contribution in [0.4, 0.5) is 10.1 Å². The van der Waals surface area contributed by atoms with E-state index in [1.807, 2.05) is 17.8 Å². The molecule has 2 rings (SSSR count). The maximum atomic E-state index is 14.1. The van der Waals surface area contributed by atoms with Gasteiger partial charge in [0, 0.05) is 23.6 Å². The molecule has 1 aliphatic heterocycles. The van der Waals surface area contributed by atoms with E-state index in [-0.39, 0.29) is 5.82 Å². The van der Waals surface area contributed by atoms with Gasteiger partial charge in [-0.2, -0.15) is 11.8 Å². The van der Waals surface area contributed by atoms with Gasteiger partial charge in [0.05, 0.1) is 5.69 Å². The molecule has 0 saturated carbocycles. The lowest BCUT2D eigenvalue weighted by molar-refractivity contribution is 0.608. The predicted octanol–water partition coefficient (Wildman–Crippen LogP) is 2.66. The second-order valence-electron chi connectivity index (χ2n) is 4.95. The lowest BCUT2D eigenvalue weighted by Gasteiger charge is -2.37. The number of rotatable bonds is 3. The summed E-state index contributed by atoms with van der Waals surface area (Å²) < 4.78 is 14.1. The third-order valence-electron chi connectivity index (χ3n) is 3.22. The van der Waals surface area contributed by atoms with Gasteiger partial charge in [-0.25, -0.2) is 4.39 Å². The summed E-state index contributed by atoms with van der Waals surface area (Å²) in [4.78, 5) is 2.19. The molecule has 100 valence electrons. The van der Waals surface area contributed by atoms with Gasteiger partial charge in [0.1, 0.15) is 5.82 Å². The number of hydrogen-bond acceptors (Lipinski definition) is 3. The first-order valence-corrected chi connectivity index (χ1v) is 7.44. The van der Waals surface area contributed by atoms with Crippen molar-refractivity contribution in [3.05, 3.63) is 29.6 Å². The Hall–Kier alpha value is -0.740. The van der Waals surface area contributed by atoms with Crippen molar-refractivity contribution in [3.8, 4) is 0 Å². The first-order chi connectivity index (χ1) is 8.61. The summed E-state index contributed by atoms with van der Waals surface area (Å²) in [6.45, 7) is 6.79. The largest absolute Gasteiger partial charge is 0.367 e. The number of hydrogen-bond donors (Lipinski definition) is 1. The molecule has 4 heteroatoms. The summed E-state index contributed by atoms with van der Waals surface area (Å²) in [5.41, 5.74) is 7.42. The first-order valence-electron chi connectivity index (χ1n) is 6.49. The molecule has 2 atom stereocenters. The molecule has 1 fully saturated rings. The molecule has 0 aromatic heterocycles. The van der Waals surface area contributed by atoms with Crippen LogP contribution in [-0.2, 0) is 6.42 Å². The zero-order valence-corrected chi connectivity index (χ0v) is 11.8. The van der Waals surface area contributed by atoms with E-state index in [0.717, 1.165) is 30.8 Å². The van der Waals surface area contributed by atoms with Crippen LogP contribution in [-0.4, -0.2) is 30.1 Å². The summed E-state index contributed by atoms with van der Waals surface area (Å²) in [7, 11) is 0. The Balaban J connectivity index is 2.30. The van der Waals surface area contributed by atoms with Crippen LogP contribution in [0.2, 0.25) is 0 Å². The van der Waals surface area contributed by atoms with Crippen LogP contribution < -0.4 is 10.6 Å². The van der Waals surface area contributed by atoms with Crippen molar-refractivity contribution in [2.75, 3.05) is 24.5 Å². The van der Waals surface area contributed by atoms with Gasteiger partial charge < -0.3 is 10.6 Å². The standard InChI is InChI=1S/C14H21FN2S/c1-10-8-17(9-11(2)18-10)14-12(6-7-16)4-3-5-13(14)15/h3-5,10-11H,6-9,16H2,1-2H3. The second kappa shape index (κ2) is 5.93. The zero-order valence-electron chi connectivity index (χ0n) is 11.0. The fraction of sp³-hybridized carbons (Fsp3) is 0.571. The molecule has 0 amide bonds. The minimum atomic E-state index is -0.118. The van der Waals surface area contributed by atoms with E-state index < -0.39 is 0 Å². The molecule has 0 spiro atoms. The summed E-state index contributed by atoms with van der Waals surface area (Å²) in [6, 6.07) is 5.31. The summed E-state index contributed by atoms with van der Waals surface area (Å²) in [6.07, 6.45) is 0.736. The van der Waals surface area contributed by atoms with Crippen LogP contribution in [0.3, 0.4) is 0 Å². The van der Waals surface area contributed by atoms with Crippen molar-refractivity contribution in [1.82, 2.24) is 0 Å². The summed E-state index contributed by atoms with van der Waals surface area (Å²) in [5.74, 6) is -0.118. The van der Waals surface area contributed by atoms with Crippen LogP contribution >= 0.6 is 11.8 Å². The number of nitrogens with two attached hydrogens (primary N) is 1. The molecule has 2 nitrogen and oxygen atoms in total. The average molecular weight is 268 g/mol. The predicted molar refractivity (Wildman–Crippen MR) is 77.9 cm³/mol. The van der Waals surface area contributed by atoms with Crippen LogP contribution in [0, 0.1) is 5.82 Å². The molecule has 2 N–H and O–H groups in total. The summed E-state index contributed by atoms with van der Waals surface area (Å²) >= 11 is 1.98. The number of para-hydroxylation sites is 1. The highest BCUT2D eigenvalue weighted by molar-refractivity contribution is 8.00. The maximum absolute atomic E-state index is 14.1. The Morgan fingerprint density at radius 3 is 2.61 bits per heavy atom. The summed E-state index contributed by atoms with van der Waals surface area (Å²) in [5, 5.41) is 1.08. The second-order valence-corrected chi connectivity index (χ2v) is 6.83. The highest BCUT2D eigenvalue weighted by Gasteiger charge is 2.25. The van der Waals surface area contributed by atoms with Crippen LogP contribution in [0.5, 0.6) is 0 Å². The van der Waals surface area contributed by atoms with Crippen molar-refractivity contribution in [3.63, 3.8) is 0 Å². The number of nitrogens with zero attached hydrogens (tertiary/aromatic N) is 1. The Morgan fingerprint density at radius 1 is 1.33 bits per heavy atom. The monoisotopic (exact) mass is 268 g/mol. The van der Waals surface area contributed by atoms with Gasteiger partial charge in [-0.3, -0.25) is 0 Å². The third kappa shape index (κ3) is 2.98. The normalized spacial score (nSPS) is 24.3. The molecule has 1 aromatic rings. The minimum Gasteiger partial charge on any atom is -0.367 e. The lowest BCUT2D eigenvalue weighted by atomic mass is 10.1. The SMILES string of the molecule is CC1CN(c2c(F)cccc2CCN)CC(C)S1. The number of halogens is 1. The van der Waals surface area contributed by atoms with Gasteiger partial charge in [-0.1, -0.05) is 26.0 Å². The molecular weight excluding hydrogens is 247 g/mol. The highest BCUT2D eigenvalue weighted by Crippen LogP contribution is 2.32. The Morgan fingerprint density at radius 2 is 2.00 bits per heavy atom. The fourth-order valence-electron chi connectivity index (χ4n) is 2.63. The van der Waals surface area contributed by atoms with E-state index in [4.69, 9.17) is 5.73 Å². The van der Waals surface area contributed by atoms with E-state index in [2.05, 4.69) is 18.7 Å². The van der Waals surface area contributed by atoms with Gasteiger partial charge in [0.15, 0.2) is 0 Å². The number of thioether (sulfide) groups is 1. The Kier molecular flexibility index (Phi) is 4.51. The molecular formula is C14H21FN2S.